The van der Waals surface area contributed by atoms with Crippen LogP contribution in [0.2, 0.25) is 0 Å². The smallest absolute Gasteiger partial charge is 0.220 e. The summed E-state index contributed by atoms with van der Waals surface area (Å²) in [5, 5.41) is 3.05. The van der Waals surface area contributed by atoms with Crippen molar-refractivity contribution >= 4 is 5.91 Å². The molecule has 0 aromatic heterocycles. The number of benzene rings is 1. The van der Waals surface area contributed by atoms with E-state index in [0.29, 0.717) is 18.9 Å². The molecule has 1 aliphatic carbocycles. The number of amides is 1. The Bertz CT molecular complexity index is 493. The van der Waals surface area contributed by atoms with Crippen LogP contribution < -0.4 is 14.8 Å². The van der Waals surface area contributed by atoms with Gasteiger partial charge in [-0.25, -0.2) is 0 Å². The molecule has 0 radical (unpaired) electrons. The van der Waals surface area contributed by atoms with Gasteiger partial charge >= 0.3 is 0 Å². The van der Waals surface area contributed by atoms with Gasteiger partial charge in [-0.3, -0.25) is 4.79 Å². The second-order valence-corrected chi connectivity index (χ2v) is 6.35. The highest BCUT2D eigenvalue weighted by atomic mass is 16.5. The van der Waals surface area contributed by atoms with Crippen LogP contribution >= 0.6 is 0 Å². The van der Waals surface area contributed by atoms with Crippen molar-refractivity contribution in [2.75, 3.05) is 20.8 Å². The van der Waals surface area contributed by atoms with Crippen LogP contribution in [0.5, 0.6) is 11.5 Å². The van der Waals surface area contributed by atoms with Gasteiger partial charge in [-0.2, -0.15) is 0 Å². The molecule has 0 aliphatic heterocycles. The van der Waals surface area contributed by atoms with E-state index in [1.54, 1.807) is 14.2 Å². The molecule has 0 saturated heterocycles. The number of hydrogen-bond donors (Lipinski definition) is 1. The van der Waals surface area contributed by atoms with Crippen molar-refractivity contribution in [1.29, 1.82) is 0 Å². The predicted molar refractivity (Wildman–Crippen MR) is 92.1 cm³/mol. The zero-order chi connectivity index (χ0) is 16.5. The van der Waals surface area contributed by atoms with Gasteiger partial charge in [0.1, 0.15) is 0 Å². The molecule has 1 aromatic rings. The molecule has 128 valence electrons. The quantitative estimate of drug-likeness (QED) is 0.779. The van der Waals surface area contributed by atoms with Crippen LogP contribution in [0.15, 0.2) is 18.2 Å². The molecular formula is C19H29NO3. The average molecular weight is 319 g/mol. The minimum Gasteiger partial charge on any atom is -0.493 e. The minimum absolute atomic E-state index is 0.192. The van der Waals surface area contributed by atoms with Gasteiger partial charge < -0.3 is 14.8 Å². The number of nitrogens with one attached hydrogen (secondary N) is 1. The van der Waals surface area contributed by atoms with Crippen molar-refractivity contribution in [2.24, 2.45) is 5.92 Å². The highest BCUT2D eigenvalue weighted by Crippen LogP contribution is 2.28. The average Bonchev–Trinajstić information content (AvgIpc) is 2.83. The van der Waals surface area contributed by atoms with Gasteiger partial charge in [-0.1, -0.05) is 31.7 Å². The molecule has 23 heavy (non-hydrogen) atoms. The lowest BCUT2D eigenvalue weighted by Gasteiger charge is -2.14. The molecule has 1 N–H and O–H groups in total. The Morgan fingerprint density at radius 3 is 2.43 bits per heavy atom. The van der Waals surface area contributed by atoms with E-state index in [4.69, 9.17) is 9.47 Å². The Balaban J connectivity index is 1.74. The maximum atomic E-state index is 12.1. The summed E-state index contributed by atoms with van der Waals surface area (Å²) in [5.41, 5.74) is 1.14. The molecule has 2 rings (SSSR count). The Morgan fingerprint density at radius 2 is 1.78 bits per heavy atom. The Morgan fingerprint density at radius 1 is 1.09 bits per heavy atom. The summed E-state index contributed by atoms with van der Waals surface area (Å²) in [6.45, 7) is 0.668. The van der Waals surface area contributed by atoms with Crippen LogP contribution in [-0.2, 0) is 11.2 Å². The maximum absolute atomic E-state index is 12.1. The molecule has 4 heteroatoms. The van der Waals surface area contributed by atoms with Gasteiger partial charge in [-0.05, 0) is 42.9 Å². The van der Waals surface area contributed by atoms with Crippen molar-refractivity contribution in [1.82, 2.24) is 5.32 Å². The van der Waals surface area contributed by atoms with Gasteiger partial charge in [-0.15, -0.1) is 0 Å². The third-order valence-electron chi connectivity index (χ3n) is 4.63. The van der Waals surface area contributed by atoms with Crippen LogP contribution in [0.3, 0.4) is 0 Å². The number of carbonyl (C=O) groups excluding carboxylic acids is 1. The molecule has 0 unspecified atom stereocenters. The number of methoxy groups -OCH3 is 2. The molecule has 1 aromatic carbocycles. The summed E-state index contributed by atoms with van der Waals surface area (Å²) in [6, 6.07) is 5.89. The van der Waals surface area contributed by atoms with E-state index in [1.165, 1.54) is 38.5 Å². The second-order valence-electron chi connectivity index (χ2n) is 6.35. The molecule has 0 heterocycles. The van der Waals surface area contributed by atoms with Crippen LogP contribution in [0.4, 0.5) is 0 Å². The number of rotatable bonds is 7. The number of carbonyl (C=O) groups is 1. The molecule has 0 atom stereocenters. The molecular weight excluding hydrogens is 290 g/mol. The van der Waals surface area contributed by atoms with E-state index >= 15 is 0 Å². The summed E-state index contributed by atoms with van der Waals surface area (Å²) in [4.78, 5) is 12.1. The third-order valence-corrected chi connectivity index (χ3v) is 4.63. The summed E-state index contributed by atoms with van der Waals surface area (Å²) >= 11 is 0. The van der Waals surface area contributed by atoms with Crippen LogP contribution in [0.1, 0.15) is 50.5 Å². The lowest BCUT2D eigenvalue weighted by atomic mass is 9.96. The van der Waals surface area contributed by atoms with Gasteiger partial charge in [0, 0.05) is 13.0 Å². The Labute approximate surface area is 139 Å². The molecule has 0 bridgehead atoms. The molecule has 1 aliphatic rings. The molecule has 1 saturated carbocycles. The minimum atomic E-state index is 0.192. The fraction of sp³-hybridized carbons (Fsp3) is 0.632. The first-order valence-corrected chi connectivity index (χ1v) is 8.70. The zero-order valence-electron chi connectivity index (χ0n) is 14.4. The number of ether oxygens (including phenoxy) is 2. The summed E-state index contributed by atoms with van der Waals surface area (Å²) < 4.78 is 10.5. The van der Waals surface area contributed by atoms with Crippen LogP contribution in [0, 0.1) is 5.92 Å². The largest absolute Gasteiger partial charge is 0.493 e. The van der Waals surface area contributed by atoms with E-state index < -0.39 is 0 Å². The first-order chi connectivity index (χ1) is 11.2. The number of hydrogen-bond acceptors (Lipinski definition) is 3. The monoisotopic (exact) mass is 319 g/mol. The van der Waals surface area contributed by atoms with Crippen molar-refractivity contribution in [2.45, 2.75) is 51.4 Å². The topological polar surface area (TPSA) is 47.6 Å². The highest BCUT2D eigenvalue weighted by Gasteiger charge is 2.15. The molecule has 0 spiro atoms. The van der Waals surface area contributed by atoms with Crippen LogP contribution in [0.25, 0.3) is 0 Å². The van der Waals surface area contributed by atoms with Crippen molar-refractivity contribution in [3.8, 4) is 11.5 Å². The summed E-state index contributed by atoms with van der Waals surface area (Å²) in [5.74, 6) is 2.24. The van der Waals surface area contributed by atoms with Gasteiger partial charge in [0.2, 0.25) is 5.91 Å². The van der Waals surface area contributed by atoms with Crippen LogP contribution in [-0.4, -0.2) is 26.7 Å². The standard InChI is InChI=1S/C19H29NO3/c1-22-17-10-9-16(13-18(17)23-2)11-12-20-19(21)14-15-7-5-3-4-6-8-15/h9-10,13,15H,3-8,11-12,14H2,1-2H3,(H,20,21). The first kappa shape index (κ1) is 17.6. The van der Waals surface area contributed by atoms with E-state index in [0.717, 1.165) is 23.5 Å². The summed E-state index contributed by atoms with van der Waals surface area (Å²) in [6.07, 6.45) is 9.14. The van der Waals surface area contributed by atoms with Gasteiger partial charge in [0.15, 0.2) is 11.5 Å². The van der Waals surface area contributed by atoms with Crippen molar-refractivity contribution < 1.29 is 14.3 Å². The molecule has 4 nitrogen and oxygen atoms in total. The van der Waals surface area contributed by atoms with Gasteiger partial charge in [0.05, 0.1) is 14.2 Å². The van der Waals surface area contributed by atoms with E-state index in [-0.39, 0.29) is 5.91 Å². The first-order valence-electron chi connectivity index (χ1n) is 8.70. The fourth-order valence-corrected chi connectivity index (χ4v) is 3.28. The lowest BCUT2D eigenvalue weighted by molar-refractivity contribution is -0.122. The van der Waals surface area contributed by atoms with Crippen molar-refractivity contribution in [3.63, 3.8) is 0 Å². The Kier molecular flexibility index (Phi) is 7.24. The Hall–Kier alpha value is -1.71. The van der Waals surface area contributed by atoms with E-state index in [2.05, 4.69) is 5.32 Å². The van der Waals surface area contributed by atoms with E-state index in [9.17, 15) is 4.79 Å². The molecule has 1 amide bonds. The maximum Gasteiger partial charge on any atom is 0.220 e. The zero-order valence-corrected chi connectivity index (χ0v) is 14.4. The fourth-order valence-electron chi connectivity index (χ4n) is 3.28. The molecule has 1 fully saturated rings. The van der Waals surface area contributed by atoms with Gasteiger partial charge in [0.25, 0.3) is 0 Å². The normalized spacial score (nSPS) is 15.7. The van der Waals surface area contributed by atoms with E-state index in [1.807, 2.05) is 18.2 Å². The SMILES string of the molecule is COc1ccc(CCNC(=O)CC2CCCCCC2)cc1OC. The predicted octanol–water partition coefficient (Wildman–Crippen LogP) is 3.72. The summed E-state index contributed by atoms with van der Waals surface area (Å²) in [7, 11) is 3.27. The second kappa shape index (κ2) is 9.43. The lowest BCUT2D eigenvalue weighted by Crippen LogP contribution is -2.27. The third kappa shape index (κ3) is 5.77. The highest BCUT2D eigenvalue weighted by molar-refractivity contribution is 5.76. The van der Waals surface area contributed by atoms with Crippen molar-refractivity contribution in [3.05, 3.63) is 23.8 Å².